The molecule has 0 bridgehead atoms. The van der Waals surface area contributed by atoms with E-state index in [0.717, 1.165) is 44.7 Å². The Morgan fingerprint density at radius 1 is 1.12 bits per heavy atom. The predicted octanol–water partition coefficient (Wildman–Crippen LogP) is 1.89. The van der Waals surface area contributed by atoms with Gasteiger partial charge in [0.2, 0.25) is 5.91 Å². The summed E-state index contributed by atoms with van der Waals surface area (Å²) in [6.45, 7) is 2.99. The molecule has 6 nitrogen and oxygen atoms in total. The Bertz CT molecular complexity index is 618. The van der Waals surface area contributed by atoms with Crippen LogP contribution in [0.15, 0.2) is 18.2 Å². The number of ether oxygens (including phenoxy) is 1. The van der Waals surface area contributed by atoms with Gasteiger partial charge >= 0.3 is 5.97 Å². The summed E-state index contributed by atoms with van der Waals surface area (Å²) < 4.78 is 4.71. The van der Waals surface area contributed by atoms with Gasteiger partial charge in [0, 0.05) is 32.1 Å². The molecule has 1 saturated heterocycles. The number of nitrogens with zero attached hydrogens (tertiary/aromatic N) is 2. The number of benzene rings is 1. The summed E-state index contributed by atoms with van der Waals surface area (Å²) in [6.07, 6.45) is 4.45. The van der Waals surface area contributed by atoms with Crippen molar-refractivity contribution >= 4 is 23.3 Å². The lowest BCUT2D eigenvalue weighted by molar-refractivity contribution is -0.135. The molecule has 3 rings (SSSR count). The van der Waals surface area contributed by atoms with Gasteiger partial charge in [0.15, 0.2) is 0 Å². The Labute approximate surface area is 142 Å². The first-order valence-corrected chi connectivity index (χ1v) is 8.61. The maximum atomic E-state index is 12.5. The van der Waals surface area contributed by atoms with Gasteiger partial charge in [-0.15, -0.1) is 0 Å². The number of esters is 1. The highest BCUT2D eigenvalue weighted by Crippen LogP contribution is 2.29. The maximum absolute atomic E-state index is 12.5. The highest BCUT2D eigenvalue weighted by atomic mass is 16.5. The normalized spacial score (nSPS) is 18.7. The lowest BCUT2D eigenvalue weighted by Crippen LogP contribution is -2.50. The van der Waals surface area contributed by atoms with Gasteiger partial charge in [-0.25, -0.2) is 4.79 Å². The molecule has 0 unspecified atom stereocenters. The number of carbonyl (C=O) groups excluding carboxylic acids is 2. The van der Waals surface area contributed by atoms with E-state index in [2.05, 4.69) is 4.90 Å². The Kier molecular flexibility index (Phi) is 4.92. The van der Waals surface area contributed by atoms with E-state index in [0.29, 0.717) is 17.2 Å². The maximum Gasteiger partial charge on any atom is 0.337 e. The number of hydrogen-bond donors (Lipinski definition) is 1. The number of rotatable bonds is 3. The van der Waals surface area contributed by atoms with Gasteiger partial charge in [0.05, 0.1) is 24.0 Å². The van der Waals surface area contributed by atoms with Crippen molar-refractivity contribution in [2.24, 2.45) is 5.92 Å². The summed E-state index contributed by atoms with van der Waals surface area (Å²) in [4.78, 5) is 28.2. The monoisotopic (exact) mass is 331 g/mol. The quantitative estimate of drug-likeness (QED) is 0.676. The van der Waals surface area contributed by atoms with Crippen LogP contribution in [0.4, 0.5) is 11.4 Å². The molecule has 1 saturated carbocycles. The number of amides is 1. The molecular weight excluding hydrogens is 306 g/mol. The second-order valence-electron chi connectivity index (χ2n) is 6.56. The van der Waals surface area contributed by atoms with Gasteiger partial charge in [-0.2, -0.15) is 0 Å². The molecule has 1 aliphatic heterocycles. The summed E-state index contributed by atoms with van der Waals surface area (Å²) >= 11 is 0. The zero-order chi connectivity index (χ0) is 17.1. The molecule has 0 spiro atoms. The van der Waals surface area contributed by atoms with Crippen LogP contribution in [0.1, 0.15) is 36.0 Å². The fraction of sp³-hybridized carbons (Fsp3) is 0.556. The van der Waals surface area contributed by atoms with Crippen LogP contribution in [0, 0.1) is 5.92 Å². The predicted molar refractivity (Wildman–Crippen MR) is 92.9 cm³/mol. The van der Waals surface area contributed by atoms with Crippen molar-refractivity contribution in [3.8, 4) is 0 Å². The molecule has 1 heterocycles. The fourth-order valence-electron chi connectivity index (χ4n) is 3.69. The molecular formula is C18H25N3O3. The van der Waals surface area contributed by atoms with E-state index < -0.39 is 0 Å². The largest absolute Gasteiger partial charge is 0.465 e. The minimum Gasteiger partial charge on any atom is -0.465 e. The molecule has 0 atom stereocenters. The van der Waals surface area contributed by atoms with Gasteiger partial charge in [-0.05, 0) is 31.0 Å². The number of anilines is 2. The van der Waals surface area contributed by atoms with E-state index >= 15 is 0 Å². The van der Waals surface area contributed by atoms with Crippen molar-refractivity contribution in [2.45, 2.75) is 25.7 Å². The van der Waals surface area contributed by atoms with Gasteiger partial charge < -0.3 is 20.3 Å². The van der Waals surface area contributed by atoms with Crippen LogP contribution in [0.2, 0.25) is 0 Å². The van der Waals surface area contributed by atoms with Crippen molar-refractivity contribution in [1.82, 2.24) is 4.90 Å². The number of methoxy groups -OCH3 is 1. The number of carbonyl (C=O) groups is 2. The first-order chi connectivity index (χ1) is 11.6. The lowest BCUT2D eigenvalue weighted by Gasteiger charge is -2.37. The number of nitrogens with two attached hydrogens (primary N) is 1. The fourth-order valence-corrected chi connectivity index (χ4v) is 3.69. The SMILES string of the molecule is COC(=O)c1ccc(N2CCN(C(=O)C3CCCC3)CC2)c(N)c1. The van der Waals surface area contributed by atoms with Crippen LogP contribution in [-0.4, -0.2) is 50.1 Å². The second kappa shape index (κ2) is 7.11. The van der Waals surface area contributed by atoms with Gasteiger partial charge in [-0.1, -0.05) is 12.8 Å². The molecule has 2 N–H and O–H groups in total. The highest BCUT2D eigenvalue weighted by molar-refractivity contribution is 5.92. The van der Waals surface area contributed by atoms with Crippen LogP contribution in [0.3, 0.4) is 0 Å². The van der Waals surface area contributed by atoms with E-state index in [-0.39, 0.29) is 11.9 Å². The Hall–Kier alpha value is -2.24. The third-order valence-corrected chi connectivity index (χ3v) is 5.09. The van der Waals surface area contributed by atoms with Crippen LogP contribution in [0.5, 0.6) is 0 Å². The Morgan fingerprint density at radius 3 is 2.38 bits per heavy atom. The summed E-state index contributed by atoms with van der Waals surface area (Å²) in [6, 6.07) is 5.24. The van der Waals surface area contributed by atoms with Crippen LogP contribution < -0.4 is 10.6 Å². The minimum absolute atomic E-state index is 0.237. The highest BCUT2D eigenvalue weighted by Gasteiger charge is 2.29. The average Bonchev–Trinajstić information content (AvgIpc) is 3.15. The third kappa shape index (κ3) is 3.32. The van der Waals surface area contributed by atoms with E-state index in [1.807, 2.05) is 11.0 Å². The first-order valence-electron chi connectivity index (χ1n) is 8.61. The second-order valence-corrected chi connectivity index (χ2v) is 6.56. The number of nitrogen functional groups attached to an aromatic ring is 1. The van der Waals surface area contributed by atoms with Crippen molar-refractivity contribution in [2.75, 3.05) is 43.9 Å². The lowest BCUT2D eigenvalue weighted by atomic mass is 10.1. The van der Waals surface area contributed by atoms with Crippen molar-refractivity contribution < 1.29 is 14.3 Å². The summed E-state index contributed by atoms with van der Waals surface area (Å²) in [5.41, 5.74) is 8.04. The zero-order valence-corrected chi connectivity index (χ0v) is 14.2. The number of piperazine rings is 1. The van der Waals surface area contributed by atoms with Crippen molar-refractivity contribution in [1.29, 1.82) is 0 Å². The van der Waals surface area contributed by atoms with E-state index in [1.54, 1.807) is 12.1 Å². The molecule has 0 radical (unpaired) electrons. The molecule has 1 amide bonds. The smallest absolute Gasteiger partial charge is 0.337 e. The van der Waals surface area contributed by atoms with Gasteiger partial charge in [0.25, 0.3) is 0 Å². The molecule has 2 fully saturated rings. The Morgan fingerprint density at radius 2 is 1.79 bits per heavy atom. The first kappa shape index (κ1) is 16.6. The average molecular weight is 331 g/mol. The van der Waals surface area contributed by atoms with Crippen LogP contribution in [-0.2, 0) is 9.53 Å². The van der Waals surface area contributed by atoms with E-state index in [4.69, 9.17) is 10.5 Å². The van der Waals surface area contributed by atoms with Gasteiger partial charge in [0.1, 0.15) is 0 Å². The van der Waals surface area contributed by atoms with Crippen molar-refractivity contribution in [3.05, 3.63) is 23.8 Å². The zero-order valence-electron chi connectivity index (χ0n) is 14.2. The molecule has 1 aliphatic carbocycles. The molecule has 0 aromatic heterocycles. The third-order valence-electron chi connectivity index (χ3n) is 5.09. The van der Waals surface area contributed by atoms with Gasteiger partial charge in [-0.3, -0.25) is 4.79 Å². The Balaban J connectivity index is 1.62. The molecule has 2 aliphatic rings. The molecule has 1 aromatic carbocycles. The number of hydrogen-bond acceptors (Lipinski definition) is 5. The molecule has 1 aromatic rings. The van der Waals surface area contributed by atoms with Crippen molar-refractivity contribution in [3.63, 3.8) is 0 Å². The van der Waals surface area contributed by atoms with Crippen LogP contribution >= 0.6 is 0 Å². The van der Waals surface area contributed by atoms with Crippen LogP contribution in [0.25, 0.3) is 0 Å². The molecule has 24 heavy (non-hydrogen) atoms. The van der Waals surface area contributed by atoms with E-state index in [1.165, 1.54) is 20.0 Å². The van der Waals surface area contributed by atoms with E-state index in [9.17, 15) is 9.59 Å². The summed E-state index contributed by atoms with van der Waals surface area (Å²) in [5, 5.41) is 0. The summed E-state index contributed by atoms with van der Waals surface area (Å²) in [5.74, 6) is 0.169. The minimum atomic E-state index is -0.389. The molecule has 130 valence electrons. The summed E-state index contributed by atoms with van der Waals surface area (Å²) in [7, 11) is 1.35. The molecule has 6 heteroatoms. The topological polar surface area (TPSA) is 75.9 Å². The standard InChI is InChI=1S/C18H25N3O3/c1-24-18(23)14-6-7-16(15(19)12-14)20-8-10-21(11-9-20)17(22)13-4-2-3-5-13/h6-7,12-13H,2-5,8-11,19H2,1H3.